The fourth-order valence-electron chi connectivity index (χ4n) is 3.79. The summed E-state index contributed by atoms with van der Waals surface area (Å²) >= 11 is 7.99. The summed E-state index contributed by atoms with van der Waals surface area (Å²) in [5.74, 6) is 0.756. The van der Waals surface area contributed by atoms with E-state index in [1.54, 1.807) is 23.9 Å². The van der Waals surface area contributed by atoms with E-state index in [2.05, 4.69) is 17.2 Å². The van der Waals surface area contributed by atoms with E-state index in [-0.39, 0.29) is 18.2 Å². The number of benzene rings is 3. The van der Waals surface area contributed by atoms with E-state index >= 15 is 0 Å². The van der Waals surface area contributed by atoms with Gasteiger partial charge in [0.15, 0.2) is 5.17 Å². The van der Waals surface area contributed by atoms with Gasteiger partial charge in [-0.25, -0.2) is 9.37 Å². The van der Waals surface area contributed by atoms with E-state index in [9.17, 15) is 4.39 Å². The SMILES string of the molecule is CCC1CSC(Nc2ccc(-c3cc(-c4ccccc4F)c4cc(Cl)ccc4n3)cc2)=N1.Cl. The van der Waals surface area contributed by atoms with Crippen molar-refractivity contribution >= 4 is 57.5 Å². The summed E-state index contributed by atoms with van der Waals surface area (Å²) < 4.78 is 14.7. The number of pyridine rings is 1. The van der Waals surface area contributed by atoms with Gasteiger partial charge >= 0.3 is 0 Å². The number of aliphatic imine (C=N–C) groups is 1. The number of hydrogen-bond donors (Lipinski definition) is 1. The lowest BCUT2D eigenvalue weighted by molar-refractivity contribution is 0.631. The van der Waals surface area contributed by atoms with E-state index in [1.807, 2.05) is 54.6 Å². The molecule has 0 saturated carbocycles. The maximum Gasteiger partial charge on any atom is 0.161 e. The van der Waals surface area contributed by atoms with Gasteiger partial charge in [-0.15, -0.1) is 12.4 Å². The first-order valence-electron chi connectivity index (χ1n) is 10.5. The third-order valence-corrected chi connectivity index (χ3v) is 6.82. The van der Waals surface area contributed by atoms with Crippen molar-refractivity contribution in [2.45, 2.75) is 19.4 Å². The van der Waals surface area contributed by atoms with Crippen LogP contribution in [0, 0.1) is 5.82 Å². The second-order valence-corrected chi connectivity index (χ2v) is 9.15. The lowest BCUT2D eigenvalue weighted by Crippen LogP contribution is -2.05. The van der Waals surface area contributed by atoms with Gasteiger partial charge in [-0.2, -0.15) is 0 Å². The van der Waals surface area contributed by atoms with Crippen molar-refractivity contribution in [3.05, 3.63) is 83.6 Å². The van der Waals surface area contributed by atoms with E-state index in [1.165, 1.54) is 6.07 Å². The zero-order valence-electron chi connectivity index (χ0n) is 17.9. The molecule has 3 aromatic carbocycles. The van der Waals surface area contributed by atoms with Crippen LogP contribution in [0.25, 0.3) is 33.3 Å². The van der Waals surface area contributed by atoms with Crippen molar-refractivity contribution in [3.8, 4) is 22.4 Å². The molecule has 2 heterocycles. The summed E-state index contributed by atoms with van der Waals surface area (Å²) in [7, 11) is 0. The van der Waals surface area contributed by atoms with Gasteiger partial charge in [0.1, 0.15) is 5.82 Å². The molecule has 0 aliphatic carbocycles. The van der Waals surface area contributed by atoms with Crippen molar-refractivity contribution in [2.75, 3.05) is 11.1 Å². The fraction of sp³-hybridized carbons (Fsp3) is 0.154. The third-order valence-electron chi connectivity index (χ3n) is 5.55. The van der Waals surface area contributed by atoms with Crippen molar-refractivity contribution in [3.63, 3.8) is 0 Å². The molecule has 0 amide bonds. The van der Waals surface area contributed by atoms with Gasteiger partial charge < -0.3 is 5.32 Å². The molecular weight excluding hydrogens is 476 g/mol. The average Bonchev–Trinajstić information content (AvgIpc) is 3.27. The van der Waals surface area contributed by atoms with E-state index in [4.69, 9.17) is 16.6 Å². The van der Waals surface area contributed by atoms with Crippen LogP contribution in [0.15, 0.2) is 77.8 Å². The topological polar surface area (TPSA) is 37.3 Å². The maximum atomic E-state index is 14.7. The summed E-state index contributed by atoms with van der Waals surface area (Å²) in [6, 6.07) is 22.7. The second kappa shape index (κ2) is 10.1. The summed E-state index contributed by atoms with van der Waals surface area (Å²) in [4.78, 5) is 9.51. The number of rotatable bonds is 4. The molecule has 168 valence electrons. The van der Waals surface area contributed by atoms with Crippen LogP contribution < -0.4 is 5.32 Å². The predicted octanol–water partition coefficient (Wildman–Crippen LogP) is 8.08. The number of nitrogens with zero attached hydrogens (tertiary/aromatic N) is 2. The Morgan fingerprint density at radius 2 is 1.82 bits per heavy atom. The molecule has 1 aromatic heterocycles. The van der Waals surface area contributed by atoms with E-state index in [0.29, 0.717) is 16.6 Å². The standard InChI is InChI=1S/C26H21ClFN3S.ClH/c1-2-18-15-32-26(29-18)30-19-10-7-16(8-11-19)25-14-21(20-5-3-4-6-23(20)28)22-13-17(27)9-12-24(22)31-25;/h3-14,18H,2,15H2,1H3,(H,29,30);1H. The average molecular weight is 498 g/mol. The van der Waals surface area contributed by atoms with Crippen molar-refractivity contribution in [2.24, 2.45) is 4.99 Å². The molecule has 0 radical (unpaired) electrons. The summed E-state index contributed by atoms with van der Waals surface area (Å²) in [6.45, 7) is 2.16. The Balaban J connectivity index is 0.00000259. The van der Waals surface area contributed by atoms with Crippen LogP contribution in [0.5, 0.6) is 0 Å². The van der Waals surface area contributed by atoms with Gasteiger partial charge in [0.05, 0.1) is 17.3 Å². The number of aromatic nitrogens is 1. The zero-order chi connectivity index (χ0) is 22.1. The Morgan fingerprint density at radius 1 is 1.03 bits per heavy atom. The summed E-state index contributed by atoms with van der Waals surface area (Å²) in [5.41, 5.74) is 4.80. The van der Waals surface area contributed by atoms with Crippen molar-refractivity contribution < 1.29 is 4.39 Å². The Kier molecular flexibility index (Phi) is 7.23. The first-order chi connectivity index (χ1) is 15.6. The number of hydrogen-bond acceptors (Lipinski definition) is 4. The van der Waals surface area contributed by atoms with Crippen LogP contribution in [0.3, 0.4) is 0 Å². The number of thioether (sulfide) groups is 1. The van der Waals surface area contributed by atoms with Gasteiger partial charge in [0.2, 0.25) is 0 Å². The Hall–Kier alpha value is -2.60. The Labute approximate surface area is 207 Å². The highest BCUT2D eigenvalue weighted by Crippen LogP contribution is 2.35. The van der Waals surface area contributed by atoms with E-state index in [0.717, 1.165) is 50.8 Å². The Morgan fingerprint density at radius 3 is 2.55 bits per heavy atom. The van der Waals surface area contributed by atoms with Gasteiger partial charge in [0.25, 0.3) is 0 Å². The molecule has 7 heteroatoms. The molecule has 0 spiro atoms. The number of fused-ring (bicyclic) bond motifs is 1. The minimum absolute atomic E-state index is 0. The largest absolute Gasteiger partial charge is 0.335 e. The monoisotopic (exact) mass is 497 g/mol. The van der Waals surface area contributed by atoms with Crippen LogP contribution in [0.2, 0.25) is 5.02 Å². The fourth-order valence-corrected chi connectivity index (χ4v) is 5.04. The smallest absolute Gasteiger partial charge is 0.161 e. The van der Waals surface area contributed by atoms with Crippen LogP contribution in [0.1, 0.15) is 13.3 Å². The lowest BCUT2D eigenvalue weighted by Gasteiger charge is -2.12. The van der Waals surface area contributed by atoms with Crippen LogP contribution in [-0.4, -0.2) is 21.9 Å². The summed E-state index contributed by atoms with van der Waals surface area (Å²) in [5, 5.41) is 5.78. The predicted molar refractivity (Wildman–Crippen MR) is 142 cm³/mol. The van der Waals surface area contributed by atoms with Crippen molar-refractivity contribution in [1.29, 1.82) is 0 Å². The van der Waals surface area contributed by atoms with Crippen LogP contribution in [-0.2, 0) is 0 Å². The van der Waals surface area contributed by atoms with Crippen LogP contribution >= 0.6 is 35.8 Å². The Bertz CT molecular complexity index is 1330. The van der Waals surface area contributed by atoms with Gasteiger partial charge in [-0.05, 0) is 54.4 Å². The second-order valence-electron chi connectivity index (χ2n) is 7.71. The number of halogens is 3. The summed E-state index contributed by atoms with van der Waals surface area (Å²) in [6.07, 6.45) is 1.06. The highest BCUT2D eigenvalue weighted by atomic mass is 35.5. The number of nitrogens with one attached hydrogen (secondary N) is 1. The molecule has 33 heavy (non-hydrogen) atoms. The molecule has 0 bridgehead atoms. The van der Waals surface area contributed by atoms with Gasteiger partial charge in [0, 0.05) is 33.0 Å². The molecule has 1 N–H and O–H groups in total. The van der Waals surface area contributed by atoms with E-state index < -0.39 is 0 Å². The molecule has 4 aromatic rings. The lowest BCUT2D eigenvalue weighted by atomic mass is 9.98. The first kappa shape index (κ1) is 23.6. The first-order valence-corrected chi connectivity index (χ1v) is 11.9. The number of amidine groups is 1. The molecule has 0 saturated heterocycles. The highest BCUT2D eigenvalue weighted by Gasteiger charge is 2.17. The third kappa shape index (κ3) is 5.01. The van der Waals surface area contributed by atoms with Crippen LogP contribution in [0.4, 0.5) is 10.1 Å². The van der Waals surface area contributed by atoms with Crippen molar-refractivity contribution in [1.82, 2.24) is 4.98 Å². The molecular formula is C26H22Cl2FN3S. The minimum atomic E-state index is -0.273. The molecule has 0 fully saturated rings. The number of anilines is 1. The minimum Gasteiger partial charge on any atom is -0.335 e. The maximum absolute atomic E-state index is 14.7. The molecule has 3 nitrogen and oxygen atoms in total. The molecule has 1 atom stereocenters. The molecule has 1 aliphatic rings. The van der Waals surface area contributed by atoms with Gasteiger partial charge in [-0.3, -0.25) is 4.99 Å². The molecule has 1 unspecified atom stereocenters. The molecule has 5 rings (SSSR count). The highest BCUT2D eigenvalue weighted by molar-refractivity contribution is 8.14. The van der Waals surface area contributed by atoms with Gasteiger partial charge in [-0.1, -0.05) is 60.6 Å². The quantitative estimate of drug-likeness (QED) is 0.309. The zero-order valence-corrected chi connectivity index (χ0v) is 20.3. The normalized spacial score (nSPS) is 15.2. The molecule has 1 aliphatic heterocycles.